The Kier molecular flexibility index (Phi) is 12.8. The number of rotatable bonds is 10. The van der Waals surface area contributed by atoms with Crippen LogP contribution >= 0.6 is 0 Å². The fourth-order valence-corrected chi connectivity index (χ4v) is 10.9. The molecule has 0 aliphatic carbocycles. The predicted molar refractivity (Wildman–Crippen MR) is 327 cm³/mol. The second kappa shape index (κ2) is 20.6. The van der Waals surface area contributed by atoms with Gasteiger partial charge in [0.2, 0.25) is 5.82 Å². The highest BCUT2D eigenvalue weighted by atomic mass is 19.2. The minimum Gasteiger partial charge on any atom is -0.457 e. The molecule has 11 rings (SSSR count). The average Bonchev–Trinajstić information content (AvgIpc) is 1.45. The number of anilines is 4. The molecule has 82 heavy (non-hydrogen) atoms. The second-order valence-corrected chi connectivity index (χ2v) is 25.3. The van der Waals surface area contributed by atoms with E-state index in [1.54, 1.807) is 18.2 Å². The van der Waals surface area contributed by atoms with E-state index in [4.69, 9.17) is 9.72 Å². The van der Waals surface area contributed by atoms with E-state index in [-0.39, 0.29) is 76.2 Å². The van der Waals surface area contributed by atoms with Gasteiger partial charge in [-0.2, -0.15) is 0 Å². The normalized spacial score (nSPS) is 13.8. The van der Waals surface area contributed by atoms with Gasteiger partial charge >= 0.3 is 0 Å². The van der Waals surface area contributed by atoms with Crippen molar-refractivity contribution in [2.45, 2.75) is 118 Å². The molecule has 0 radical (unpaired) electrons. The van der Waals surface area contributed by atoms with Crippen LogP contribution in [0.3, 0.4) is 0 Å². The summed E-state index contributed by atoms with van der Waals surface area (Å²) in [7, 11) is 0. The Morgan fingerprint density at radius 3 is 1.68 bits per heavy atom. The lowest BCUT2D eigenvalue weighted by Gasteiger charge is -2.31. The van der Waals surface area contributed by atoms with E-state index in [1.807, 2.05) is 136 Å². The number of hydrogen-bond acceptors (Lipinski definition) is 4. The quantitative estimate of drug-likeness (QED) is 0.0776. The van der Waals surface area contributed by atoms with Crippen molar-refractivity contribution < 1.29 is 32.2 Å². The van der Waals surface area contributed by atoms with E-state index in [2.05, 4.69) is 77.3 Å². The van der Waals surface area contributed by atoms with Gasteiger partial charge in [-0.05, 0) is 139 Å². The van der Waals surface area contributed by atoms with Gasteiger partial charge in [-0.3, -0.25) is 4.57 Å². The molecule has 5 nitrogen and oxygen atoms in total. The third-order valence-corrected chi connectivity index (χ3v) is 15.7. The summed E-state index contributed by atoms with van der Waals surface area (Å²) < 4.78 is 127. The first-order valence-corrected chi connectivity index (χ1v) is 27.9. The van der Waals surface area contributed by atoms with Gasteiger partial charge in [-0.25, -0.2) is 26.9 Å². The molecule has 1 aliphatic heterocycles. The maximum absolute atomic E-state index is 16.8. The van der Waals surface area contributed by atoms with Crippen LogP contribution < -0.4 is 14.5 Å². The number of aromatic nitrogens is 2. The highest BCUT2D eigenvalue weighted by Crippen LogP contribution is 2.54. The number of ether oxygens (including phenoxy) is 1. The molecular weight excluding hydrogens is 1030 g/mol. The molecule has 0 unspecified atom stereocenters. The summed E-state index contributed by atoms with van der Waals surface area (Å²) in [6.45, 7) is 25.9. The van der Waals surface area contributed by atoms with Crippen molar-refractivity contribution in [3.8, 4) is 50.7 Å². The Balaban J connectivity index is 1.16. The molecule has 2 aromatic heterocycles. The fourth-order valence-electron chi connectivity index (χ4n) is 10.9. The largest absolute Gasteiger partial charge is 0.457 e. The van der Waals surface area contributed by atoms with Gasteiger partial charge in [0, 0.05) is 45.9 Å². The van der Waals surface area contributed by atoms with E-state index >= 15 is 22.0 Å². The van der Waals surface area contributed by atoms with Crippen LogP contribution in [-0.2, 0) is 16.2 Å². The summed E-state index contributed by atoms with van der Waals surface area (Å²) >= 11 is 0. The maximum Gasteiger partial charge on any atom is 0.200 e. The topological polar surface area (TPSA) is 33.5 Å². The monoisotopic (exact) mass is 1100 g/mol. The third-order valence-electron chi connectivity index (χ3n) is 15.7. The van der Waals surface area contributed by atoms with Gasteiger partial charge in [-0.1, -0.05) is 163 Å². The van der Waals surface area contributed by atoms with E-state index in [9.17, 15) is 5.48 Å². The van der Waals surface area contributed by atoms with Crippen LogP contribution in [0.15, 0.2) is 158 Å². The molecule has 418 valence electrons. The van der Waals surface area contributed by atoms with Crippen molar-refractivity contribution in [1.29, 1.82) is 0 Å². The Morgan fingerprint density at radius 2 is 1.06 bits per heavy atom. The lowest BCUT2D eigenvalue weighted by atomic mass is 9.81. The Hall–Kier alpha value is -8.24. The van der Waals surface area contributed by atoms with Gasteiger partial charge in [0.25, 0.3) is 0 Å². The van der Waals surface area contributed by atoms with Crippen LogP contribution in [0.4, 0.5) is 44.7 Å². The van der Waals surface area contributed by atoms with Crippen molar-refractivity contribution in [2.75, 3.05) is 16.5 Å². The minimum absolute atomic E-state index is 0.0315. The molecule has 1 aliphatic rings. The van der Waals surface area contributed by atoms with E-state index in [0.717, 1.165) is 44.3 Å². The predicted octanol–water partition coefficient (Wildman–Crippen LogP) is 21.1. The van der Waals surface area contributed by atoms with Crippen LogP contribution in [0.2, 0.25) is 0 Å². The molecule has 0 atom stereocenters. The van der Waals surface area contributed by atoms with Gasteiger partial charge in [0.15, 0.2) is 23.3 Å². The molecule has 0 spiro atoms. The summed E-state index contributed by atoms with van der Waals surface area (Å²) in [5.74, 6) is -8.82. The number of hydrogen-bond donors (Lipinski definition) is 0. The first kappa shape index (κ1) is 50.7. The SMILES string of the molecule is [2H]c1c([2H])c(C(C)(C)C)c([2H])c([2H])c1-c1cc(Oc2ccc3c4ccccc4n(-c4cc(C(C)(C)C)ccn4)c3c2)cc(N2CN(c3c(-c4cc(C(C)C)cc(C(C)C)c4)cc(C(C)(C)C)cc3-c3c(F)c(F)c(F)c(F)c3F)c3ccccc32)c1. The number of nitrogens with zero attached hydrogens (tertiary/aromatic N) is 4. The average molecular weight is 1110 g/mol. The second-order valence-electron chi connectivity index (χ2n) is 25.3. The van der Waals surface area contributed by atoms with Crippen LogP contribution in [0.5, 0.6) is 11.5 Å². The molecule has 8 aromatic carbocycles. The molecule has 0 bridgehead atoms. The van der Waals surface area contributed by atoms with Gasteiger partial charge in [-0.15, -0.1) is 0 Å². The Morgan fingerprint density at radius 1 is 0.488 bits per heavy atom. The van der Waals surface area contributed by atoms with Gasteiger partial charge < -0.3 is 14.5 Å². The lowest BCUT2D eigenvalue weighted by molar-refractivity contribution is 0.381. The molecule has 0 amide bonds. The van der Waals surface area contributed by atoms with Crippen LogP contribution in [-0.4, -0.2) is 16.2 Å². The molecule has 0 N–H and O–H groups in total. The van der Waals surface area contributed by atoms with Crippen molar-refractivity contribution in [2.24, 2.45) is 0 Å². The number of benzene rings is 8. The first-order chi connectivity index (χ1) is 40.4. The summed E-state index contributed by atoms with van der Waals surface area (Å²) in [5.41, 5.74) is 6.04. The van der Waals surface area contributed by atoms with Crippen molar-refractivity contribution in [3.05, 3.63) is 215 Å². The Labute approximate surface area is 484 Å². The van der Waals surface area contributed by atoms with Crippen LogP contribution in [0.1, 0.15) is 135 Å². The smallest absolute Gasteiger partial charge is 0.200 e. The highest BCUT2D eigenvalue weighted by molar-refractivity contribution is 6.09. The molecule has 10 aromatic rings. The number of para-hydroxylation sites is 3. The molecular formula is C72H69F5N4O. The molecule has 10 heteroatoms. The summed E-state index contributed by atoms with van der Waals surface area (Å²) in [5, 5.41) is 1.96. The molecule has 3 heterocycles. The maximum atomic E-state index is 16.8. The molecule has 0 saturated heterocycles. The van der Waals surface area contributed by atoms with E-state index < -0.39 is 45.5 Å². The van der Waals surface area contributed by atoms with Crippen molar-refractivity contribution >= 4 is 44.6 Å². The zero-order valence-corrected chi connectivity index (χ0v) is 48.7. The van der Waals surface area contributed by atoms with Crippen LogP contribution in [0.25, 0.3) is 61.0 Å². The lowest BCUT2D eigenvalue weighted by Crippen LogP contribution is -2.25. The summed E-state index contributed by atoms with van der Waals surface area (Å²) in [6, 6.07) is 39.4. The minimum atomic E-state index is -2.26. The number of fused-ring (bicyclic) bond motifs is 4. The van der Waals surface area contributed by atoms with Crippen molar-refractivity contribution in [1.82, 2.24) is 9.55 Å². The standard InChI is InChI=1S/C72H69F5N4O/c1-41(2)44-30-45(42(3)4)32-47(31-44)56-35-50(72(11,12)13)36-57(63-64(73)66(75)68(77)67(76)65(63)74)69(56)80-40-79(59-20-16-17-21-60(59)80)51-33-46(43-22-24-48(25-23-43)70(5,6)7)34-53(38-51)82-52-26-27-55-54-18-14-15-19-58(54)81(61(55)39-52)62-37-49(28-29-78-62)71(8,9)10/h14-39,41-42H,40H2,1-13H3/i22D,23D,24D,25D. The summed E-state index contributed by atoms with van der Waals surface area (Å²) in [4.78, 5) is 8.63. The zero-order chi connectivity index (χ0) is 62.0. The van der Waals surface area contributed by atoms with Gasteiger partial charge in [0.05, 0.1) is 39.1 Å². The summed E-state index contributed by atoms with van der Waals surface area (Å²) in [6.07, 6.45) is 1.82. The molecule has 0 saturated carbocycles. The first-order valence-electron chi connectivity index (χ1n) is 29.9. The van der Waals surface area contributed by atoms with Crippen LogP contribution in [0, 0.1) is 29.1 Å². The zero-order valence-electron chi connectivity index (χ0n) is 52.7. The number of pyridine rings is 1. The fraction of sp³-hybridized carbons (Fsp3) is 0.264. The highest BCUT2D eigenvalue weighted by Gasteiger charge is 2.37. The van der Waals surface area contributed by atoms with Crippen molar-refractivity contribution in [3.63, 3.8) is 0 Å². The van der Waals surface area contributed by atoms with Gasteiger partial charge in [0.1, 0.15) is 24.0 Å². The van der Waals surface area contributed by atoms with E-state index in [1.165, 1.54) is 6.07 Å². The molecule has 0 fully saturated rings. The Bertz CT molecular complexity index is 4310. The third kappa shape index (κ3) is 10.1. The number of halogens is 5. The van der Waals surface area contributed by atoms with E-state index in [0.29, 0.717) is 45.1 Å².